The number of benzene rings is 1. The molecule has 4 N–H and O–H groups in total. The van der Waals surface area contributed by atoms with Crippen LogP contribution >= 0.6 is 0 Å². The summed E-state index contributed by atoms with van der Waals surface area (Å²) in [5.74, 6) is 0.0758. The average molecular weight is 277 g/mol. The van der Waals surface area contributed by atoms with Crippen molar-refractivity contribution >= 4 is 5.84 Å². The minimum Gasteiger partial charge on any atom is -0.409 e. The van der Waals surface area contributed by atoms with Crippen LogP contribution in [0.25, 0.3) is 0 Å². The van der Waals surface area contributed by atoms with Gasteiger partial charge in [0, 0.05) is 12.6 Å². The van der Waals surface area contributed by atoms with Gasteiger partial charge in [0.15, 0.2) is 0 Å². The number of piperidine rings is 1. The van der Waals surface area contributed by atoms with Gasteiger partial charge < -0.3 is 16.0 Å². The largest absolute Gasteiger partial charge is 0.409 e. The molecule has 5 heteroatoms. The summed E-state index contributed by atoms with van der Waals surface area (Å²) in [7, 11) is 0. The molecule has 5 nitrogen and oxygen atoms in total. The van der Waals surface area contributed by atoms with Crippen LogP contribution in [0.2, 0.25) is 0 Å². The van der Waals surface area contributed by atoms with Gasteiger partial charge in [0.1, 0.15) is 5.84 Å². The molecule has 0 bridgehead atoms. The number of likely N-dealkylation sites (tertiary alicyclic amines) is 1. The maximum atomic E-state index is 9.49. The Labute approximate surface area is 119 Å². The highest BCUT2D eigenvalue weighted by Gasteiger charge is 2.27. The molecule has 2 atom stereocenters. The molecule has 20 heavy (non-hydrogen) atoms. The number of aliphatic hydroxyl groups is 1. The molecule has 2 rings (SSSR count). The summed E-state index contributed by atoms with van der Waals surface area (Å²) in [4.78, 5) is 2.25. The summed E-state index contributed by atoms with van der Waals surface area (Å²) in [6, 6.07) is 10.0. The molecule has 0 saturated carbocycles. The number of amidine groups is 1. The lowest BCUT2D eigenvalue weighted by molar-refractivity contribution is 0.0889. The van der Waals surface area contributed by atoms with E-state index in [4.69, 9.17) is 10.9 Å². The van der Waals surface area contributed by atoms with Crippen molar-refractivity contribution in [3.63, 3.8) is 0 Å². The molecular formula is C15H23N3O2. The van der Waals surface area contributed by atoms with Gasteiger partial charge in [-0.1, -0.05) is 41.9 Å². The van der Waals surface area contributed by atoms with E-state index >= 15 is 0 Å². The van der Waals surface area contributed by atoms with Gasteiger partial charge in [-0.25, -0.2) is 0 Å². The van der Waals surface area contributed by atoms with E-state index in [1.807, 2.05) is 30.3 Å². The Hall–Kier alpha value is -1.59. The van der Waals surface area contributed by atoms with Gasteiger partial charge >= 0.3 is 0 Å². The average Bonchev–Trinajstić information content (AvgIpc) is 2.53. The molecule has 1 aliphatic heterocycles. The molecule has 1 fully saturated rings. The predicted molar refractivity (Wildman–Crippen MR) is 78.9 cm³/mol. The molecule has 0 aromatic heterocycles. The summed E-state index contributed by atoms with van der Waals surface area (Å²) in [6.45, 7) is 1.79. The second-order valence-corrected chi connectivity index (χ2v) is 5.32. The number of oxime groups is 1. The van der Waals surface area contributed by atoms with E-state index in [2.05, 4.69) is 10.1 Å². The van der Waals surface area contributed by atoms with E-state index in [-0.39, 0.29) is 24.4 Å². The molecule has 1 aromatic rings. The first-order valence-corrected chi connectivity index (χ1v) is 7.13. The van der Waals surface area contributed by atoms with Crippen LogP contribution in [-0.2, 0) is 0 Å². The lowest BCUT2D eigenvalue weighted by Crippen LogP contribution is -2.45. The van der Waals surface area contributed by atoms with Crippen LogP contribution in [0.15, 0.2) is 35.5 Å². The van der Waals surface area contributed by atoms with Crippen LogP contribution in [0.3, 0.4) is 0 Å². The Morgan fingerprint density at radius 3 is 2.75 bits per heavy atom. The summed E-state index contributed by atoms with van der Waals surface area (Å²) in [5.41, 5.74) is 6.90. The Bertz CT molecular complexity index is 436. The van der Waals surface area contributed by atoms with Crippen molar-refractivity contribution in [1.82, 2.24) is 4.90 Å². The molecule has 2 unspecified atom stereocenters. The van der Waals surface area contributed by atoms with E-state index in [9.17, 15) is 5.11 Å². The van der Waals surface area contributed by atoms with Crippen molar-refractivity contribution in [3.05, 3.63) is 35.9 Å². The lowest BCUT2D eigenvalue weighted by atomic mass is 9.94. The maximum absolute atomic E-state index is 9.49. The van der Waals surface area contributed by atoms with Crippen LogP contribution < -0.4 is 5.73 Å². The van der Waals surface area contributed by atoms with Crippen LogP contribution in [0, 0.1) is 0 Å². The van der Waals surface area contributed by atoms with E-state index < -0.39 is 0 Å². The summed E-state index contributed by atoms with van der Waals surface area (Å²) >= 11 is 0. The maximum Gasteiger partial charge on any atom is 0.147 e. The van der Waals surface area contributed by atoms with Crippen molar-refractivity contribution in [3.8, 4) is 0 Å². The van der Waals surface area contributed by atoms with Crippen LogP contribution in [0.4, 0.5) is 0 Å². The first-order chi connectivity index (χ1) is 9.76. The SMILES string of the molecule is NC(=NO)C(CN1CCCCC1CO)c1ccccc1. The molecule has 1 aromatic carbocycles. The fourth-order valence-corrected chi connectivity index (χ4v) is 2.87. The number of hydrogen-bond acceptors (Lipinski definition) is 4. The zero-order valence-electron chi connectivity index (χ0n) is 11.7. The highest BCUT2D eigenvalue weighted by molar-refractivity contribution is 5.87. The van der Waals surface area contributed by atoms with Crippen molar-refractivity contribution < 1.29 is 10.3 Å². The Balaban J connectivity index is 2.16. The number of nitrogens with zero attached hydrogens (tertiary/aromatic N) is 2. The number of aliphatic hydroxyl groups excluding tert-OH is 1. The number of hydrogen-bond donors (Lipinski definition) is 3. The van der Waals surface area contributed by atoms with E-state index in [1.54, 1.807) is 0 Å². The van der Waals surface area contributed by atoms with Crippen molar-refractivity contribution in [2.45, 2.75) is 31.2 Å². The topological polar surface area (TPSA) is 82.1 Å². The Morgan fingerprint density at radius 2 is 2.10 bits per heavy atom. The number of rotatable bonds is 5. The van der Waals surface area contributed by atoms with Crippen LogP contribution in [0.1, 0.15) is 30.7 Å². The molecule has 0 aliphatic carbocycles. The third kappa shape index (κ3) is 3.49. The second-order valence-electron chi connectivity index (χ2n) is 5.32. The molecule has 1 heterocycles. The Kier molecular flexibility index (Phi) is 5.38. The first kappa shape index (κ1) is 14.8. The minimum absolute atomic E-state index is 0.145. The standard InChI is InChI=1S/C15H23N3O2/c16-15(17-20)14(12-6-2-1-3-7-12)10-18-9-5-4-8-13(18)11-19/h1-3,6-7,13-14,19-20H,4-5,8-11H2,(H2,16,17). The molecule has 1 saturated heterocycles. The zero-order valence-corrected chi connectivity index (χ0v) is 11.7. The van der Waals surface area contributed by atoms with E-state index in [0.717, 1.165) is 31.4 Å². The molecule has 0 amide bonds. The molecule has 0 spiro atoms. The monoisotopic (exact) mass is 277 g/mol. The van der Waals surface area contributed by atoms with Gasteiger partial charge in [-0.3, -0.25) is 4.90 Å². The predicted octanol–water partition coefficient (Wildman–Crippen LogP) is 1.36. The van der Waals surface area contributed by atoms with Crippen molar-refractivity contribution in [2.24, 2.45) is 10.9 Å². The third-order valence-electron chi connectivity index (χ3n) is 4.05. The van der Waals surface area contributed by atoms with Gasteiger partial charge in [0.25, 0.3) is 0 Å². The van der Waals surface area contributed by atoms with E-state index in [0.29, 0.717) is 6.54 Å². The van der Waals surface area contributed by atoms with Crippen LogP contribution in [-0.4, -0.2) is 46.8 Å². The highest BCUT2D eigenvalue weighted by Crippen LogP contribution is 2.23. The van der Waals surface area contributed by atoms with Gasteiger partial charge in [-0.15, -0.1) is 0 Å². The van der Waals surface area contributed by atoms with E-state index in [1.165, 1.54) is 0 Å². The summed E-state index contributed by atoms with van der Waals surface area (Å²) in [6.07, 6.45) is 3.30. The molecule has 1 aliphatic rings. The fourth-order valence-electron chi connectivity index (χ4n) is 2.87. The molecule has 110 valence electrons. The van der Waals surface area contributed by atoms with Gasteiger partial charge in [-0.2, -0.15) is 0 Å². The van der Waals surface area contributed by atoms with Gasteiger partial charge in [0.2, 0.25) is 0 Å². The highest BCUT2D eigenvalue weighted by atomic mass is 16.4. The smallest absolute Gasteiger partial charge is 0.147 e. The molecule has 0 radical (unpaired) electrons. The molecular weight excluding hydrogens is 254 g/mol. The normalized spacial score (nSPS) is 22.6. The number of nitrogens with two attached hydrogens (primary N) is 1. The second kappa shape index (κ2) is 7.26. The van der Waals surface area contributed by atoms with Crippen molar-refractivity contribution in [2.75, 3.05) is 19.7 Å². The summed E-state index contributed by atoms with van der Waals surface area (Å²) in [5, 5.41) is 21.7. The van der Waals surface area contributed by atoms with Gasteiger partial charge in [-0.05, 0) is 24.9 Å². The summed E-state index contributed by atoms with van der Waals surface area (Å²) < 4.78 is 0. The minimum atomic E-state index is -0.145. The fraction of sp³-hybridized carbons (Fsp3) is 0.533. The first-order valence-electron chi connectivity index (χ1n) is 7.13. The Morgan fingerprint density at radius 1 is 1.35 bits per heavy atom. The zero-order chi connectivity index (χ0) is 14.4. The third-order valence-corrected chi connectivity index (χ3v) is 4.05. The van der Waals surface area contributed by atoms with Crippen LogP contribution in [0.5, 0.6) is 0 Å². The van der Waals surface area contributed by atoms with Gasteiger partial charge in [0.05, 0.1) is 12.5 Å². The lowest BCUT2D eigenvalue weighted by Gasteiger charge is -2.36. The van der Waals surface area contributed by atoms with Crippen molar-refractivity contribution in [1.29, 1.82) is 0 Å². The quantitative estimate of drug-likeness (QED) is 0.328.